The number of rotatable bonds is 5. The van der Waals surface area contributed by atoms with Crippen LogP contribution in [0.3, 0.4) is 0 Å². The molecule has 2 aromatic heterocycles. The minimum absolute atomic E-state index is 0.0470. The quantitative estimate of drug-likeness (QED) is 0.862. The molecule has 2 aromatic rings. The number of nitrogens with zero attached hydrogens (tertiary/aromatic N) is 1. The van der Waals surface area contributed by atoms with Crippen LogP contribution in [0.15, 0.2) is 40.4 Å². The van der Waals surface area contributed by atoms with Gasteiger partial charge in [0.2, 0.25) is 5.91 Å². The van der Waals surface area contributed by atoms with E-state index in [1.54, 1.807) is 30.6 Å². The van der Waals surface area contributed by atoms with E-state index in [4.69, 9.17) is 0 Å². The standard InChI is InChI=1S/C13H12BrN3O2S/c14-11-4-3-10(20-11)13(19)17-8-12(18)16-7-9-2-1-5-15-6-9/h1-6H,7-8H2,(H,16,18)(H,17,19). The molecule has 0 radical (unpaired) electrons. The Morgan fingerprint density at radius 1 is 1.25 bits per heavy atom. The first-order valence-electron chi connectivity index (χ1n) is 5.84. The van der Waals surface area contributed by atoms with E-state index in [2.05, 4.69) is 31.5 Å². The van der Waals surface area contributed by atoms with Gasteiger partial charge in [0.25, 0.3) is 5.91 Å². The molecule has 2 amide bonds. The van der Waals surface area contributed by atoms with Gasteiger partial charge < -0.3 is 10.6 Å². The van der Waals surface area contributed by atoms with Crippen molar-refractivity contribution in [2.45, 2.75) is 6.54 Å². The molecule has 0 aliphatic carbocycles. The van der Waals surface area contributed by atoms with Crippen LogP contribution in [-0.2, 0) is 11.3 Å². The second-order valence-electron chi connectivity index (χ2n) is 3.92. The summed E-state index contributed by atoms with van der Waals surface area (Å²) in [5.41, 5.74) is 0.911. The SMILES string of the molecule is O=C(CNC(=O)c1ccc(Br)s1)NCc1cccnc1. The fraction of sp³-hybridized carbons (Fsp3) is 0.154. The first kappa shape index (κ1) is 14.7. The molecule has 0 aliphatic rings. The summed E-state index contributed by atoms with van der Waals surface area (Å²) in [7, 11) is 0. The van der Waals surface area contributed by atoms with Gasteiger partial charge in [-0.2, -0.15) is 0 Å². The number of carbonyl (C=O) groups excluding carboxylic acids is 2. The van der Waals surface area contributed by atoms with Gasteiger partial charge in [-0.25, -0.2) is 0 Å². The molecule has 0 bridgehead atoms. The molecular formula is C13H12BrN3O2S. The van der Waals surface area contributed by atoms with Gasteiger partial charge in [-0.3, -0.25) is 14.6 Å². The fourth-order valence-electron chi connectivity index (χ4n) is 1.45. The molecule has 0 aliphatic heterocycles. The van der Waals surface area contributed by atoms with Crippen molar-refractivity contribution in [2.75, 3.05) is 6.54 Å². The molecule has 0 spiro atoms. The van der Waals surface area contributed by atoms with Crippen LogP contribution in [0.1, 0.15) is 15.2 Å². The maximum atomic E-state index is 11.7. The van der Waals surface area contributed by atoms with Crippen molar-refractivity contribution in [3.63, 3.8) is 0 Å². The van der Waals surface area contributed by atoms with Crippen LogP contribution >= 0.6 is 27.3 Å². The average Bonchev–Trinajstić information content (AvgIpc) is 2.90. The van der Waals surface area contributed by atoms with E-state index in [-0.39, 0.29) is 18.4 Å². The number of aromatic nitrogens is 1. The van der Waals surface area contributed by atoms with Gasteiger partial charge in [-0.05, 0) is 39.7 Å². The van der Waals surface area contributed by atoms with Gasteiger partial charge in [0.05, 0.1) is 15.2 Å². The van der Waals surface area contributed by atoms with Crippen LogP contribution in [0.4, 0.5) is 0 Å². The zero-order valence-corrected chi connectivity index (χ0v) is 12.8. The Balaban J connectivity index is 1.74. The monoisotopic (exact) mass is 353 g/mol. The number of amides is 2. The number of hydrogen-bond donors (Lipinski definition) is 2. The highest BCUT2D eigenvalue weighted by molar-refractivity contribution is 9.11. The zero-order valence-electron chi connectivity index (χ0n) is 10.4. The normalized spacial score (nSPS) is 10.1. The molecule has 0 aromatic carbocycles. The second-order valence-corrected chi connectivity index (χ2v) is 6.39. The predicted octanol–water partition coefficient (Wildman–Crippen LogP) is 1.95. The number of carbonyl (C=O) groups is 2. The van der Waals surface area contributed by atoms with Crippen molar-refractivity contribution < 1.29 is 9.59 Å². The Kier molecular flexibility index (Phi) is 5.25. The van der Waals surface area contributed by atoms with E-state index in [0.717, 1.165) is 9.35 Å². The third-order valence-corrected chi connectivity index (χ3v) is 4.04. The van der Waals surface area contributed by atoms with Crippen LogP contribution in [0.5, 0.6) is 0 Å². The summed E-state index contributed by atoms with van der Waals surface area (Å²) in [4.78, 5) is 27.9. The maximum absolute atomic E-state index is 11.7. The van der Waals surface area contributed by atoms with Crippen LogP contribution in [0.2, 0.25) is 0 Å². The van der Waals surface area contributed by atoms with Crippen LogP contribution in [-0.4, -0.2) is 23.3 Å². The lowest BCUT2D eigenvalue weighted by atomic mass is 10.3. The third-order valence-electron chi connectivity index (χ3n) is 2.42. The van der Waals surface area contributed by atoms with Crippen LogP contribution < -0.4 is 10.6 Å². The summed E-state index contributed by atoms with van der Waals surface area (Å²) < 4.78 is 0.878. The molecule has 2 rings (SSSR count). The topological polar surface area (TPSA) is 71.1 Å². The van der Waals surface area contributed by atoms with Crippen LogP contribution in [0.25, 0.3) is 0 Å². The van der Waals surface area contributed by atoms with Gasteiger partial charge in [-0.1, -0.05) is 6.07 Å². The second kappa shape index (κ2) is 7.16. The lowest BCUT2D eigenvalue weighted by Gasteiger charge is -2.06. The molecule has 0 unspecified atom stereocenters. The minimum atomic E-state index is -0.253. The summed E-state index contributed by atoms with van der Waals surface area (Å²) in [5, 5.41) is 5.28. The predicted molar refractivity (Wildman–Crippen MR) is 80.4 cm³/mol. The Labute approximate surface area is 128 Å². The molecule has 104 valence electrons. The largest absolute Gasteiger partial charge is 0.350 e. The summed E-state index contributed by atoms with van der Waals surface area (Å²) in [6.45, 7) is 0.349. The number of nitrogens with one attached hydrogen (secondary N) is 2. The number of pyridine rings is 1. The highest BCUT2D eigenvalue weighted by atomic mass is 79.9. The van der Waals surface area contributed by atoms with Crippen molar-refractivity contribution in [3.05, 3.63) is 50.9 Å². The lowest BCUT2D eigenvalue weighted by Crippen LogP contribution is -2.36. The summed E-state index contributed by atoms with van der Waals surface area (Å²) in [6.07, 6.45) is 3.35. The van der Waals surface area contributed by atoms with Gasteiger partial charge >= 0.3 is 0 Å². The van der Waals surface area contributed by atoms with Crippen molar-refractivity contribution in [1.29, 1.82) is 0 Å². The zero-order chi connectivity index (χ0) is 14.4. The highest BCUT2D eigenvalue weighted by Gasteiger charge is 2.09. The van der Waals surface area contributed by atoms with Crippen molar-refractivity contribution >= 4 is 39.1 Å². The summed E-state index contributed by atoms with van der Waals surface area (Å²) >= 11 is 4.61. The minimum Gasteiger partial charge on any atom is -0.350 e. The first-order valence-corrected chi connectivity index (χ1v) is 7.45. The Bertz CT molecular complexity index is 601. The molecular weight excluding hydrogens is 342 g/mol. The molecule has 5 nitrogen and oxygen atoms in total. The molecule has 2 heterocycles. The number of halogens is 1. The van der Waals surface area contributed by atoms with E-state index in [1.807, 2.05) is 6.07 Å². The van der Waals surface area contributed by atoms with E-state index in [9.17, 15) is 9.59 Å². The molecule has 0 fully saturated rings. The van der Waals surface area contributed by atoms with Crippen LogP contribution in [0, 0.1) is 0 Å². The molecule has 2 N–H and O–H groups in total. The van der Waals surface area contributed by atoms with E-state index < -0.39 is 0 Å². The number of hydrogen-bond acceptors (Lipinski definition) is 4. The smallest absolute Gasteiger partial charge is 0.261 e. The maximum Gasteiger partial charge on any atom is 0.261 e. The average molecular weight is 354 g/mol. The highest BCUT2D eigenvalue weighted by Crippen LogP contribution is 2.21. The summed E-state index contributed by atoms with van der Waals surface area (Å²) in [6, 6.07) is 7.17. The Morgan fingerprint density at radius 2 is 2.10 bits per heavy atom. The van der Waals surface area contributed by atoms with Crippen molar-refractivity contribution in [3.8, 4) is 0 Å². The fourth-order valence-corrected chi connectivity index (χ4v) is 2.75. The van der Waals surface area contributed by atoms with E-state index in [0.29, 0.717) is 11.4 Å². The first-order chi connectivity index (χ1) is 9.65. The molecule has 0 saturated heterocycles. The van der Waals surface area contributed by atoms with Gasteiger partial charge in [-0.15, -0.1) is 11.3 Å². The Hall–Kier alpha value is -1.73. The van der Waals surface area contributed by atoms with Crippen molar-refractivity contribution in [2.24, 2.45) is 0 Å². The van der Waals surface area contributed by atoms with Gasteiger partial charge in [0.1, 0.15) is 0 Å². The van der Waals surface area contributed by atoms with Gasteiger partial charge in [0, 0.05) is 18.9 Å². The van der Waals surface area contributed by atoms with E-state index in [1.165, 1.54) is 11.3 Å². The summed E-state index contributed by atoms with van der Waals surface area (Å²) in [5.74, 6) is -0.491. The molecule has 0 saturated carbocycles. The number of thiophene rings is 1. The van der Waals surface area contributed by atoms with Gasteiger partial charge in [0.15, 0.2) is 0 Å². The third kappa shape index (κ3) is 4.43. The van der Waals surface area contributed by atoms with E-state index >= 15 is 0 Å². The molecule has 20 heavy (non-hydrogen) atoms. The van der Waals surface area contributed by atoms with Crippen molar-refractivity contribution in [1.82, 2.24) is 15.6 Å². The molecule has 0 atom stereocenters. The molecule has 7 heteroatoms. The lowest BCUT2D eigenvalue weighted by molar-refractivity contribution is -0.120. The Morgan fingerprint density at radius 3 is 2.75 bits per heavy atom.